The van der Waals surface area contributed by atoms with Crippen LogP contribution >= 0.6 is 0 Å². The first-order chi connectivity index (χ1) is 9.38. The average Bonchev–Trinajstić information content (AvgIpc) is 3.14. The second-order valence-electron chi connectivity index (χ2n) is 5.75. The Labute approximate surface area is 113 Å². The van der Waals surface area contributed by atoms with Crippen LogP contribution < -0.4 is 10.2 Å². The van der Waals surface area contributed by atoms with E-state index in [1.807, 2.05) is 12.3 Å². The van der Waals surface area contributed by atoms with Crippen molar-refractivity contribution in [2.45, 2.75) is 31.3 Å². The Morgan fingerprint density at radius 2 is 2.05 bits per heavy atom. The van der Waals surface area contributed by atoms with Gasteiger partial charge in [0.05, 0.1) is 5.52 Å². The molecule has 1 aliphatic carbocycles. The van der Waals surface area contributed by atoms with Crippen molar-refractivity contribution in [2.75, 3.05) is 18.0 Å². The normalized spacial score (nSPS) is 23.2. The summed E-state index contributed by atoms with van der Waals surface area (Å²) in [6.45, 7) is 2.30. The monoisotopic (exact) mass is 253 g/mol. The number of nitrogens with zero attached hydrogens (tertiary/aromatic N) is 2. The SMILES string of the molecule is c1cnc2ccc(N3CCC(NC4CC4)C3)cc2c1. The molecule has 4 rings (SSSR count). The molecule has 1 aliphatic heterocycles. The minimum Gasteiger partial charge on any atom is -0.370 e. The molecule has 2 heterocycles. The van der Waals surface area contributed by atoms with Crippen LogP contribution in [0.3, 0.4) is 0 Å². The third-order valence-corrected chi connectivity index (χ3v) is 4.19. The fourth-order valence-corrected chi connectivity index (χ4v) is 2.97. The van der Waals surface area contributed by atoms with Crippen LogP contribution in [0.2, 0.25) is 0 Å². The van der Waals surface area contributed by atoms with Gasteiger partial charge in [-0.2, -0.15) is 0 Å². The highest BCUT2D eigenvalue weighted by molar-refractivity contribution is 5.82. The van der Waals surface area contributed by atoms with E-state index in [9.17, 15) is 0 Å². The van der Waals surface area contributed by atoms with Gasteiger partial charge < -0.3 is 10.2 Å². The van der Waals surface area contributed by atoms with Crippen molar-refractivity contribution in [1.29, 1.82) is 0 Å². The lowest BCUT2D eigenvalue weighted by molar-refractivity contribution is 0.548. The number of hydrogen-bond donors (Lipinski definition) is 1. The lowest BCUT2D eigenvalue weighted by atomic mass is 10.2. The largest absolute Gasteiger partial charge is 0.370 e. The molecule has 19 heavy (non-hydrogen) atoms. The molecule has 3 heteroatoms. The number of pyridine rings is 1. The first-order valence-corrected chi connectivity index (χ1v) is 7.24. The van der Waals surface area contributed by atoms with E-state index in [1.54, 1.807) is 0 Å². The van der Waals surface area contributed by atoms with E-state index >= 15 is 0 Å². The molecule has 0 spiro atoms. The van der Waals surface area contributed by atoms with Gasteiger partial charge in [0.1, 0.15) is 0 Å². The summed E-state index contributed by atoms with van der Waals surface area (Å²) in [6.07, 6.45) is 5.87. The molecule has 2 aliphatic rings. The van der Waals surface area contributed by atoms with Crippen LogP contribution in [0, 0.1) is 0 Å². The van der Waals surface area contributed by atoms with E-state index in [0.29, 0.717) is 6.04 Å². The number of nitrogens with one attached hydrogen (secondary N) is 1. The Balaban J connectivity index is 1.53. The topological polar surface area (TPSA) is 28.2 Å². The fourth-order valence-electron chi connectivity index (χ4n) is 2.97. The molecule has 98 valence electrons. The van der Waals surface area contributed by atoms with E-state index in [4.69, 9.17) is 0 Å². The Hall–Kier alpha value is -1.61. The van der Waals surface area contributed by atoms with Gasteiger partial charge in [0.25, 0.3) is 0 Å². The molecule has 1 N–H and O–H groups in total. The molecule has 2 fully saturated rings. The lowest BCUT2D eigenvalue weighted by Crippen LogP contribution is -2.33. The van der Waals surface area contributed by atoms with Gasteiger partial charge in [-0.1, -0.05) is 6.07 Å². The van der Waals surface area contributed by atoms with Crippen LogP contribution in [-0.2, 0) is 0 Å². The smallest absolute Gasteiger partial charge is 0.0703 e. The number of benzene rings is 1. The van der Waals surface area contributed by atoms with Crippen molar-refractivity contribution in [3.8, 4) is 0 Å². The second kappa shape index (κ2) is 4.49. The zero-order valence-corrected chi connectivity index (χ0v) is 11.0. The van der Waals surface area contributed by atoms with Crippen molar-refractivity contribution in [2.24, 2.45) is 0 Å². The number of rotatable bonds is 3. The van der Waals surface area contributed by atoms with Crippen molar-refractivity contribution >= 4 is 16.6 Å². The maximum atomic E-state index is 4.38. The van der Waals surface area contributed by atoms with Gasteiger partial charge in [0.2, 0.25) is 0 Å². The molecule has 1 saturated heterocycles. The van der Waals surface area contributed by atoms with Crippen molar-refractivity contribution < 1.29 is 0 Å². The van der Waals surface area contributed by atoms with E-state index in [2.05, 4.69) is 39.5 Å². The molecule has 1 saturated carbocycles. The number of aromatic nitrogens is 1. The summed E-state index contributed by atoms with van der Waals surface area (Å²) >= 11 is 0. The van der Waals surface area contributed by atoms with Crippen molar-refractivity contribution in [1.82, 2.24) is 10.3 Å². The molecule has 1 atom stereocenters. The van der Waals surface area contributed by atoms with Gasteiger partial charge >= 0.3 is 0 Å². The summed E-state index contributed by atoms with van der Waals surface area (Å²) in [5.41, 5.74) is 2.42. The van der Waals surface area contributed by atoms with Crippen LogP contribution in [0.4, 0.5) is 5.69 Å². The van der Waals surface area contributed by atoms with E-state index in [1.165, 1.54) is 30.3 Å². The maximum Gasteiger partial charge on any atom is 0.0703 e. The Bertz CT molecular complexity index is 591. The molecule has 1 aromatic heterocycles. The maximum absolute atomic E-state index is 4.38. The first-order valence-electron chi connectivity index (χ1n) is 7.24. The van der Waals surface area contributed by atoms with Gasteiger partial charge in [0.15, 0.2) is 0 Å². The van der Waals surface area contributed by atoms with Crippen molar-refractivity contribution in [3.63, 3.8) is 0 Å². The molecule has 0 radical (unpaired) electrons. The molecular formula is C16H19N3. The summed E-state index contributed by atoms with van der Waals surface area (Å²) in [7, 11) is 0. The Morgan fingerprint density at radius 1 is 1.11 bits per heavy atom. The van der Waals surface area contributed by atoms with Crippen LogP contribution in [0.5, 0.6) is 0 Å². The standard InChI is InChI=1S/C16H19N3/c1-2-12-10-15(5-6-16(12)17-8-1)19-9-7-14(11-19)18-13-3-4-13/h1-2,5-6,8,10,13-14,18H,3-4,7,9,11H2. The summed E-state index contributed by atoms with van der Waals surface area (Å²) in [5, 5.41) is 4.97. The van der Waals surface area contributed by atoms with E-state index in [-0.39, 0.29) is 0 Å². The minimum absolute atomic E-state index is 0.678. The van der Waals surface area contributed by atoms with Gasteiger partial charge in [-0.3, -0.25) is 4.98 Å². The van der Waals surface area contributed by atoms with Crippen LogP contribution in [0.25, 0.3) is 10.9 Å². The van der Waals surface area contributed by atoms with E-state index < -0.39 is 0 Å². The summed E-state index contributed by atoms with van der Waals surface area (Å²) in [4.78, 5) is 6.87. The van der Waals surface area contributed by atoms with Gasteiger partial charge in [-0.25, -0.2) is 0 Å². The fraction of sp³-hybridized carbons (Fsp3) is 0.438. The lowest BCUT2D eigenvalue weighted by Gasteiger charge is -2.19. The average molecular weight is 253 g/mol. The number of hydrogen-bond acceptors (Lipinski definition) is 3. The molecule has 0 amide bonds. The highest BCUT2D eigenvalue weighted by Crippen LogP contribution is 2.26. The number of anilines is 1. The van der Waals surface area contributed by atoms with Gasteiger partial charge in [-0.15, -0.1) is 0 Å². The summed E-state index contributed by atoms with van der Waals surface area (Å²) in [6, 6.07) is 12.2. The highest BCUT2D eigenvalue weighted by atomic mass is 15.2. The third kappa shape index (κ3) is 2.30. The van der Waals surface area contributed by atoms with E-state index in [0.717, 1.165) is 24.6 Å². The predicted molar refractivity (Wildman–Crippen MR) is 78.5 cm³/mol. The number of fused-ring (bicyclic) bond motifs is 1. The van der Waals surface area contributed by atoms with Crippen LogP contribution in [0.1, 0.15) is 19.3 Å². The second-order valence-corrected chi connectivity index (χ2v) is 5.75. The summed E-state index contributed by atoms with van der Waals surface area (Å²) < 4.78 is 0. The minimum atomic E-state index is 0.678. The Kier molecular flexibility index (Phi) is 2.66. The third-order valence-electron chi connectivity index (χ3n) is 4.19. The zero-order chi connectivity index (χ0) is 12.7. The first kappa shape index (κ1) is 11.2. The molecule has 3 nitrogen and oxygen atoms in total. The van der Waals surface area contributed by atoms with Crippen LogP contribution in [0.15, 0.2) is 36.5 Å². The Morgan fingerprint density at radius 3 is 2.95 bits per heavy atom. The molecule has 0 bridgehead atoms. The van der Waals surface area contributed by atoms with Gasteiger partial charge in [0, 0.05) is 42.4 Å². The molecule has 1 aromatic carbocycles. The summed E-state index contributed by atoms with van der Waals surface area (Å²) in [5.74, 6) is 0. The molecule has 2 aromatic rings. The molecular weight excluding hydrogens is 234 g/mol. The van der Waals surface area contributed by atoms with Crippen molar-refractivity contribution in [3.05, 3.63) is 36.5 Å². The zero-order valence-electron chi connectivity index (χ0n) is 11.0. The van der Waals surface area contributed by atoms with Gasteiger partial charge in [-0.05, 0) is 43.5 Å². The highest BCUT2D eigenvalue weighted by Gasteiger charge is 2.29. The predicted octanol–water partition coefficient (Wildman–Crippen LogP) is 2.57. The quantitative estimate of drug-likeness (QED) is 0.911. The van der Waals surface area contributed by atoms with Crippen LogP contribution in [-0.4, -0.2) is 30.2 Å². The molecule has 1 unspecified atom stereocenters.